The van der Waals surface area contributed by atoms with Crippen LogP contribution in [0.4, 0.5) is 4.39 Å². The SMILES string of the molecule is CC(C)C(=O)NS(=O)(=O)c1cc(Cl)ccc1OCC(=O)N1CC(C)N(Cc2ccc(F)cc2)CC1C. The van der Waals surface area contributed by atoms with Gasteiger partial charge in [0.15, 0.2) is 6.61 Å². The van der Waals surface area contributed by atoms with Gasteiger partial charge in [-0.2, -0.15) is 0 Å². The van der Waals surface area contributed by atoms with Gasteiger partial charge in [-0.05, 0) is 49.7 Å². The molecule has 2 amide bonds. The van der Waals surface area contributed by atoms with E-state index in [4.69, 9.17) is 16.3 Å². The first-order valence-corrected chi connectivity index (χ1v) is 13.5. The van der Waals surface area contributed by atoms with Crippen molar-refractivity contribution in [3.8, 4) is 5.75 Å². The summed E-state index contributed by atoms with van der Waals surface area (Å²) < 4.78 is 46.4. The molecule has 0 aromatic heterocycles. The summed E-state index contributed by atoms with van der Waals surface area (Å²) in [6, 6.07) is 10.3. The fraction of sp³-hybridized carbons (Fsp3) is 0.440. The van der Waals surface area contributed by atoms with E-state index in [1.807, 2.05) is 18.6 Å². The third-order valence-electron chi connectivity index (χ3n) is 6.04. The number of rotatable bonds is 8. The highest BCUT2D eigenvalue weighted by atomic mass is 35.5. The maximum Gasteiger partial charge on any atom is 0.267 e. The van der Waals surface area contributed by atoms with Crippen molar-refractivity contribution < 1.29 is 27.1 Å². The lowest BCUT2D eigenvalue weighted by atomic mass is 10.1. The van der Waals surface area contributed by atoms with Crippen LogP contribution in [-0.2, 0) is 26.2 Å². The standard InChI is InChI=1S/C25H31ClFN3O5S/c1-16(2)25(32)28-36(33,34)23-11-20(26)7-10-22(23)35-15-24(31)30-13-17(3)29(12-18(30)4)14-19-5-8-21(27)9-6-19/h5-11,16-18H,12-15H2,1-4H3,(H,28,32). The van der Waals surface area contributed by atoms with Gasteiger partial charge in [0.25, 0.3) is 15.9 Å². The molecule has 2 aromatic rings. The van der Waals surface area contributed by atoms with Crippen LogP contribution in [-0.4, -0.2) is 61.8 Å². The van der Waals surface area contributed by atoms with E-state index in [0.717, 1.165) is 5.56 Å². The molecule has 2 atom stereocenters. The molecule has 1 aliphatic heterocycles. The second kappa shape index (κ2) is 11.6. The third kappa shape index (κ3) is 6.96. The predicted octanol–water partition coefficient (Wildman–Crippen LogP) is 3.44. The number of nitrogens with zero attached hydrogens (tertiary/aromatic N) is 2. The van der Waals surface area contributed by atoms with Crippen molar-refractivity contribution in [1.82, 2.24) is 14.5 Å². The molecular weight excluding hydrogens is 509 g/mol. The Labute approximate surface area is 216 Å². The van der Waals surface area contributed by atoms with Gasteiger partial charge < -0.3 is 9.64 Å². The van der Waals surface area contributed by atoms with Gasteiger partial charge in [-0.3, -0.25) is 14.5 Å². The summed E-state index contributed by atoms with van der Waals surface area (Å²) in [5.41, 5.74) is 0.986. The lowest BCUT2D eigenvalue weighted by Crippen LogP contribution is -2.58. The van der Waals surface area contributed by atoms with Crippen LogP contribution in [0.25, 0.3) is 0 Å². The van der Waals surface area contributed by atoms with E-state index < -0.39 is 21.8 Å². The zero-order valence-corrected chi connectivity index (χ0v) is 22.3. The topological polar surface area (TPSA) is 96.0 Å². The van der Waals surface area contributed by atoms with Crippen molar-refractivity contribution in [1.29, 1.82) is 0 Å². The van der Waals surface area contributed by atoms with Crippen LogP contribution >= 0.6 is 11.6 Å². The van der Waals surface area contributed by atoms with Crippen LogP contribution < -0.4 is 9.46 Å². The molecular formula is C25H31ClFN3O5S. The number of carbonyl (C=O) groups excluding carboxylic acids is 2. The van der Waals surface area contributed by atoms with E-state index in [1.54, 1.807) is 30.9 Å². The Morgan fingerprint density at radius 1 is 1.11 bits per heavy atom. The number of hydrogen-bond donors (Lipinski definition) is 1. The molecule has 0 spiro atoms. The summed E-state index contributed by atoms with van der Waals surface area (Å²) in [6.45, 7) is 8.42. The summed E-state index contributed by atoms with van der Waals surface area (Å²) in [5.74, 6) is -1.87. The molecule has 1 fully saturated rings. The molecule has 196 valence electrons. The predicted molar refractivity (Wildman–Crippen MR) is 135 cm³/mol. The van der Waals surface area contributed by atoms with Crippen molar-refractivity contribution in [2.75, 3.05) is 19.7 Å². The van der Waals surface area contributed by atoms with Gasteiger partial charge >= 0.3 is 0 Å². The first-order valence-electron chi connectivity index (χ1n) is 11.6. The summed E-state index contributed by atoms with van der Waals surface area (Å²) in [6.07, 6.45) is 0. The number of ether oxygens (including phenoxy) is 1. The Bertz CT molecular complexity index is 1210. The number of benzene rings is 2. The average molecular weight is 540 g/mol. The molecule has 1 N–H and O–H groups in total. The first kappa shape index (κ1) is 27.9. The Morgan fingerprint density at radius 2 is 1.78 bits per heavy atom. The number of nitrogens with one attached hydrogen (secondary N) is 1. The van der Waals surface area contributed by atoms with Gasteiger partial charge in [0.05, 0.1) is 0 Å². The largest absolute Gasteiger partial charge is 0.482 e. The van der Waals surface area contributed by atoms with Crippen molar-refractivity contribution in [3.63, 3.8) is 0 Å². The number of hydrogen-bond acceptors (Lipinski definition) is 6. The molecule has 8 nitrogen and oxygen atoms in total. The van der Waals surface area contributed by atoms with Gasteiger partial charge in [0.1, 0.15) is 16.5 Å². The first-order chi connectivity index (χ1) is 16.9. The van der Waals surface area contributed by atoms with E-state index in [-0.39, 0.29) is 46.1 Å². The van der Waals surface area contributed by atoms with Crippen molar-refractivity contribution in [2.24, 2.45) is 5.92 Å². The molecule has 11 heteroatoms. The highest BCUT2D eigenvalue weighted by Crippen LogP contribution is 2.28. The van der Waals surface area contributed by atoms with E-state index in [0.29, 0.717) is 19.6 Å². The minimum Gasteiger partial charge on any atom is -0.482 e. The number of amides is 2. The number of carbonyl (C=O) groups is 2. The van der Waals surface area contributed by atoms with E-state index in [2.05, 4.69) is 4.90 Å². The van der Waals surface area contributed by atoms with Crippen molar-refractivity contribution >= 4 is 33.4 Å². The van der Waals surface area contributed by atoms with E-state index in [1.165, 1.54) is 30.3 Å². The average Bonchev–Trinajstić information content (AvgIpc) is 2.81. The van der Waals surface area contributed by atoms with Crippen LogP contribution in [0, 0.1) is 11.7 Å². The highest BCUT2D eigenvalue weighted by molar-refractivity contribution is 7.90. The molecule has 1 saturated heterocycles. The summed E-state index contributed by atoms with van der Waals surface area (Å²) >= 11 is 5.99. The minimum atomic E-state index is -4.25. The Kier molecular flexibility index (Phi) is 8.97. The summed E-state index contributed by atoms with van der Waals surface area (Å²) in [4.78, 5) is 28.6. The number of halogens is 2. The van der Waals surface area contributed by atoms with Crippen LogP contribution in [0.15, 0.2) is 47.4 Å². The summed E-state index contributed by atoms with van der Waals surface area (Å²) in [5, 5.41) is 0.144. The van der Waals surface area contributed by atoms with Crippen molar-refractivity contribution in [2.45, 2.75) is 51.2 Å². The van der Waals surface area contributed by atoms with Gasteiger partial charge in [0, 0.05) is 42.7 Å². The Morgan fingerprint density at radius 3 is 2.42 bits per heavy atom. The van der Waals surface area contributed by atoms with E-state index >= 15 is 0 Å². The lowest BCUT2D eigenvalue weighted by Gasteiger charge is -2.44. The fourth-order valence-electron chi connectivity index (χ4n) is 3.93. The van der Waals surface area contributed by atoms with E-state index in [9.17, 15) is 22.4 Å². The zero-order chi connectivity index (χ0) is 26.6. The Balaban J connectivity index is 1.66. The van der Waals surface area contributed by atoms with Gasteiger partial charge in [-0.25, -0.2) is 17.5 Å². The van der Waals surface area contributed by atoms with Crippen LogP contribution in [0.3, 0.4) is 0 Å². The molecule has 0 saturated carbocycles. The molecule has 2 aromatic carbocycles. The van der Waals surface area contributed by atoms with Crippen LogP contribution in [0.5, 0.6) is 5.75 Å². The van der Waals surface area contributed by atoms with Crippen LogP contribution in [0.2, 0.25) is 5.02 Å². The summed E-state index contributed by atoms with van der Waals surface area (Å²) in [7, 11) is -4.25. The van der Waals surface area contributed by atoms with Gasteiger partial charge in [0.2, 0.25) is 5.91 Å². The molecule has 2 unspecified atom stereocenters. The molecule has 1 aliphatic rings. The molecule has 3 rings (SSSR count). The van der Waals surface area contributed by atoms with Crippen LogP contribution in [0.1, 0.15) is 33.3 Å². The molecule has 0 radical (unpaired) electrons. The molecule has 0 aliphatic carbocycles. The fourth-order valence-corrected chi connectivity index (χ4v) is 5.45. The van der Waals surface area contributed by atoms with Gasteiger partial charge in [-0.1, -0.05) is 37.6 Å². The number of sulfonamides is 1. The van der Waals surface area contributed by atoms with Crippen molar-refractivity contribution in [3.05, 3.63) is 58.9 Å². The molecule has 36 heavy (non-hydrogen) atoms. The zero-order valence-electron chi connectivity index (χ0n) is 20.7. The molecule has 1 heterocycles. The Hall–Kier alpha value is -2.69. The smallest absolute Gasteiger partial charge is 0.267 e. The maximum atomic E-state index is 13.2. The quantitative estimate of drug-likeness (QED) is 0.552. The second-order valence-corrected chi connectivity index (χ2v) is 11.4. The normalized spacial score (nSPS) is 18.8. The minimum absolute atomic E-state index is 0.0490. The monoisotopic (exact) mass is 539 g/mol. The number of piperazine rings is 1. The second-order valence-electron chi connectivity index (χ2n) is 9.30. The molecule has 0 bridgehead atoms. The maximum absolute atomic E-state index is 13.2. The van der Waals surface area contributed by atoms with Gasteiger partial charge in [-0.15, -0.1) is 0 Å². The highest BCUT2D eigenvalue weighted by Gasteiger charge is 2.32. The third-order valence-corrected chi connectivity index (χ3v) is 7.64. The lowest BCUT2D eigenvalue weighted by molar-refractivity contribution is -0.139.